The number of carbonyl (C=O) groups excluding carboxylic acids is 3. The van der Waals surface area contributed by atoms with Gasteiger partial charge in [0.2, 0.25) is 14.3 Å². The summed E-state index contributed by atoms with van der Waals surface area (Å²) in [7, 11) is -1.88. The molecule has 1 spiro atoms. The van der Waals surface area contributed by atoms with E-state index in [-0.39, 0.29) is 43.3 Å². The van der Waals surface area contributed by atoms with E-state index in [4.69, 9.17) is 9.47 Å². The van der Waals surface area contributed by atoms with Crippen LogP contribution in [0, 0.1) is 5.92 Å². The third-order valence-corrected chi connectivity index (χ3v) is 12.5. The van der Waals surface area contributed by atoms with E-state index in [2.05, 4.69) is 5.32 Å². The van der Waals surface area contributed by atoms with Crippen molar-refractivity contribution in [2.45, 2.75) is 69.1 Å². The van der Waals surface area contributed by atoms with E-state index in [1.54, 1.807) is 60.3 Å². The van der Waals surface area contributed by atoms with Gasteiger partial charge in [0, 0.05) is 34.8 Å². The normalized spacial score (nSPS) is 25.4. The summed E-state index contributed by atoms with van der Waals surface area (Å²) in [5, 5.41) is 12.7. The molecule has 0 saturated carbocycles. The lowest BCUT2D eigenvalue weighted by atomic mass is 9.82. The van der Waals surface area contributed by atoms with Gasteiger partial charge in [-0.05, 0) is 74.0 Å². The number of ether oxygens (including phenoxy) is 2. The van der Waals surface area contributed by atoms with Gasteiger partial charge in [-0.3, -0.25) is 14.4 Å². The molecule has 3 aromatic rings. The molecule has 0 radical (unpaired) electrons. The summed E-state index contributed by atoms with van der Waals surface area (Å²) in [6.07, 6.45) is 0.716. The Hall–Kier alpha value is -4.06. The number of carbonyl (C=O) groups is 3. The van der Waals surface area contributed by atoms with Crippen LogP contribution in [0.2, 0.25) is 18.6 Å². The van der Waals surface area contributed by atoms with Gasteiger partial charge in [0.15, 0.2) is 5.60 Å². The summed E-state index contributed by atoms with van der Waals surface area (Å²) in [5.41, 5.74) is 1.16. The average molecular weight is 660 g/mol. The SMILES string of the molecule is COc1ccc(C(=O)Nc2cccc(CN3C(=O)[C@]4(O[C@H](CC(=O)N5CCC[C@H]5CO)[C@@H]([Si](C)(C)F)[C@@H]4C)c4ccccc43)c2)cc1. The van der Waals surface area contributed by atoms with Crippen molar-refractivity contribution in [1.29, 1.82) is 0 Å². The summed E-state index contributed by atoms with van der Waals surface area (Å²) in [4.78, 5) is 44.4. The monoisotopic (exact) mass is 659 g/mol. The molecule has 11 heteroatoms. The second-order valence-corrected chi connectivity index (χ2v) is 17.1. The van der Waals surface area contributed by atoms with Crippen molar-refractivity contribution < 1.29 is 33.1 Å². The minimum Gasteiger partial charge on any atom is -0.497 e. The molecule has 0 unspecified atom stereocenters. The number of methoxy groups -OCH3 is 1. The van der Waals surface area contributed by atoms with Crippen molar-refractivity contribution in [1.82, 2.24) is 4.90 Å². The van der Waals surface area contributed by atoms with Crippen molar-refractivity contribution >= 4 is 37.5 Å². The van der Waals surface area contributed by atoms with Crippen LogP contribution in [-0.2, 0) is 26.5 Å². The van der Waals surface area contributed by atoms with Gasteiger partial charge < -0.3 is 33.8 Å². The highest BCUT2D eigenvalue weighted by Crippen LogP contribution is 2.60. The highest BCUT2D eigenvalue weighted by molar-refractivity contribution is 6.72. The minimum atomic E-state index is -3.44. The second kappa shape index (κ2) is 12.9. The Bertz CT molecular complexity index is 1660. The van der Waals surface area contributed by atoms with Crippen molar-refractivity contribution in [2.24, 2.45) is 5.92 Å². The van der Waals surface area contributed by atoms with Crippen LogP contribution in [0.25, 0.3) is 0 Å². The lowest BCUT2D eigenvalue weighted by Gasteiger charge is -2.31. The number of para-hydroxylation sites is 1. The largest absolute Gasteiger partial charge is 0.497 e. The maximum Gasteiger partial charge on any atom is 0.264 e. The molecule has 47 heavy (non-hydrogen) atoms. The molecule has 0 aromatic heterocycles. The van der Waals surface area contributed by atoms with E-state index in [9.17, 15) is 19.5 Å². The molecule has 2 N–H and O–H groups in total. The first-order valence-electron chi connectivity index (χ1n) is 16.2. The molecular weight excluding hydrogens is 617 g/mol. The number of nitrogens with one attached hydrogen (secondary N) is 1. The second-order valence-electron chi connectivity index (χ2n) is 13.3. The van der Waals surface area contributed by atoms with Crippen LogP contribution in [0.1, 0.15) is 47.7 Å². The summed E-state index contributed by atoms with van der Waals surface area (Å²) in [5.74, 6) is -0.605. The van der Waals surface area contributed by atoms with Crippen LogP contribution in [0.15, 0.2) is 72.8 Å². The minimum absolute atomic E-state index is 0.0427. The van der Waals surface area contributed by atoms with Gasteiger partial charge in [0.05, 0.1) is 44.5 Å². The molecule has 3 aliphatic rings. The number of amides is 3. The third-order valence-electron chi connectivity index (χ3n) is 10.0. The van der Waals surface area contributed by atoms with Crippen LogP contribution < -0.4 is 15.0 Å². The molecule has 3 amide bonds. The van der Waals surface area contributed by atoms with E-state index in [1.807, 2.05) is 49.4 Å². The summed E-state index contributed by atoms with van der Waals surface area (Å²) < 4.78 is 28.1. The number of likely N-dealkylation sites (tertiary alicyclic amines) is 1. The summed E-state index contributed by atoms with van der Waals surface area (Å²) in [6.45, 7) is 5.76. The number of nitrogens with zero attached hydrogens (tertiary/aromatic N) is 2. The molecule has 3 aromatic carbocycles. The molecular formula is C36H42FN3O6Si. The van der Waals surface area contributed by atoms with Crippen molar-refractivity contribution in [3.05, 3.63) is 89.5 Å². The molecule has 0 bridgehead atoms. The number of halogens is 1. The number of rotatable bonds is 9. The zero-order valence-corrected chi connectivity index (χ0v) is 28.2. The van der Waals surface area contributed by atoms with E-state index in [0.29, 0.717) is 34.8 Å². The quantitative estimate of drug-likeness (QED) is 0.227. The van der Waals surface area contributed by atoms with Crippen molar-refractivity contribution in [2.75, 3.05) is 30.5 Å². The van der Waals surface area contributed by atoms with Gasteiger partial charge in [-0.25, -0.2) is 0 Å². The zero-order valence-electron chi connectivity index (χ0n) is 27.2. The molecule has 3 heterocycles. The molecule has 6 rings (SSSR count). The molecule has 0 aliphatic carbocycles. The highest BCUT2D eigenvalue weighted by atomic mass is 28.4. The predicted octanol–water partition coefficient (Wildman–Crippen LogP) is 5.64. The van der Waals surface area contributed by atoms with Crippen LogP contribution >= 0.6 is 0 Å². The number of aliphatic hydroxyl groups excluding tert-OH is 1. The fraction of sp³-hybridized carbons (Fsp3) is 0.417. The Kier molecular flexibility index (Phi) is 8.99. The number of fused-ring (bicyclic) bond motifs is 2. The molecule has 5 atom stereocenters. The van der Waals surface area contributed by atoms with Gasteiger partial charge in [-0.1, -0.05) is 37.3 Å². The predicted molar refractivity (Wildman–Crippen MR) is 180 cm³/mol. The summed E-state index contributed by atoms with van der Waals surface area (Å²) >= 11 is 0. The summed E-state index contributed by atoms with van der Waals surface area (Å²) in [6, 6.07) is 21.3. The Labute approximate surface area is 275 Å². The first-order valence-corrected chi connectivity index (χ1v) is 19.2. The fourth-order valence-corrected chi connectivity index (χ4v) is 10.4. The first-order chi connectivity index (χ1) is 22.5. The molecule has 3 aliphatic heterocycles. The maximum absolute atomic E-state index is 16.2. The molecule has 2 saturated heterocycles. The van der Waals surface area contributed by atoms with Gasteiger partial charge in [0.1, 0.15) is 5.75 Å². The van der Waals surface area contributed by atoms with Crippen LogP contribution in [0.5, 0.6) is 5.75 Å². The Morgan fingerprint density at radius 2 is 1.85 bits per heavy atom. The third kappa shape index (κ3) is 5.96. The van der Waals surface area contributed by atoms with E-state index in [0.717, 1.165) is 18.4 Å². The van der Waals surface area contributed by atoms with E-state index in [1.165, 1.54) is 0 Å². The van der Waals surface area contributed by atoms with Gasteiger partial charge in [-0.2, -0.15) is 0 Å². The molecule has 248 valence electrons. The van der Waals surface area contributed by atoms with Crippen molar-refractivity contribution in [3.63, 3.8) is 0 Å². The number of anilines is 2. The van der Waals surface area contributed by atoms with Crippen LogP contribution in [0.4, 0.5) is 15.5 Å². The highest BCUT2D eigenvalue weighted by Gasteiger charge is 2.67. The van der Waals surface area contributed by atoms with Gasteiger partial charge in [-0.15, -0.1) is 0 Å². The number of aliphatic hydroxyl groups is 1. The molecule has 2 fully saturated rings. The number of hydrogen-bond acceptors (Lipinski definition) is 6. The Morgan fingerprint density at radius 1 is 1.11 bits per heavy atom. The van der Waals surface area contributed by atoms with E-state index < -0.39 is 31.6 Å². The average Bonchev–Trinajstić information content (AvgIpc) is 3.72. The zero-order chi connectivity index (χ0) is 33.5. The number of benzene rings is 3. The van der Waals surface area contributed by atoms with Gasteiger partial charge in [0.25, 0.3) is 11.8 Å². The standard InChI is InChI=1S/C36H42FN3O6Si/c1-23-33(47(3,4)37)31(20-32(42)39-18-8-11-27(39)22-41)46-36(23)29-12-5-6-13-30(29)40(35(36)44)21-24-9-7-10-26(19-24)38-34(43)25-14-16-28(45-2)17-15-25/h5-7,9-10,12-17,19,23,27,31,33,41H,8,11,18,20-22H2,1-4H3,(H,38,43)/t23-,27-,31+,33-,36+/m0/s1. The smallest absolute Gasteiger partial charge is 0.264 e. The Balaban J connectivity index is 1.27. The molecule has 9 nitrogen and oxygen atoms in total. The van der Waals surface area contributed by atoms with Crippen LogP contribution in [0.3, 0.4) is 0 Å². The van der Waals surface area contributed by atoms with Gasteiger partial charge >= 0.3 is 0 Å². The first kappa shape index (κ1) is 32.9. The number of hydrogen-bond donors (Lipinski definition) is 2. The lowest BCUT2D eigenvalue weighted by molar-refractivity contribution is -0.150. The van der Waals surface area contributed by atoms with Crippen LogP contribution in [-0.4, -0.2) is 68.5 Å². The van der Waals surface area contributed by atoms with Crippen molar-refractivity contribution in [3.8, 4) is 5.75 Å². The van der Waals surface area contributed by atoms with E-state index >= 15 is 4.11 Å². The topological polar surface area (TPSA) is 108 Å². The lowest BCUT2D eigenvalue weighted by Crippen LogP contribution is -2.45. The Morgan fingerprint density at radius 3 is 2.55 bits per heavy atom. The fourth-order valence-electron chi connectivity index (χ4n) is 7.88. The maximum atomic E-state index is 16.2.